The second-order valence-corrected chi connectivity index (χ2v) is 11.6. The monoisotopic (exact) mass is 738 g/mol. The van der Waals surface area contributed by atoms with Crippen LogP contribution in [0.3, 0.4) is 0 Å². The number of rotatable bonds is 25. The Morgan fingerprint density at radius 2 is 1.75 bits per heavy atom. The van der Waals surface area contributed by atoms with Gasteiger partial charge in [0.15, 0.2) is 18.1 Å². The fourth-order valence-corrected chi connectivity index (χ4v) is 5.21. The molecule has 0 saturated heterocycles. The van der Waals surface area contributed by atoms with Gasteiger partial charge in [0, 0.05) is 17.6 Å². The highest BCUT2D eigenvalue weighted by Gasteiger charge is 2.33. The third kappa shape index (κ3) is 12.8. The SMILES string of the molecule is C=C/C(=C\C)C(=C)ON(C=O)C(CC)C(CCCCC)C(=O)NCNC(=O)c1ccc(-c2ccc(C(=O)NC(CC=O)C(=O)O)c(OCC(=O)O)c2)o1. The molecule has 1 heterocycles. The van der Waals surface area contributed by atoms with Crippen molar-refractivity contribution in [2.24, 2.45) is 5.92 Å². The zero-order chi connectivity index (χ0) is 39.5. The summed E-state index contributed by atoms with van der Waals surface area (Å²) in [5.74, 6) is -5.56. The van der Waals surface area contributed by atoms with Gasteiger partial charge in [-0.1, -0.05) is 64.5 Å². The number of carboxylic acids is 2. The number of nitrogens with one attached hydrogen (secondary N) is 3. The van der Waals surface area contributed by atoms with Gasteiger partial charge in [0.05, 0.1) is 24.2 Å². The molecule has 0 aliphatic carbocycles. The second-order valence-electron chi connectivity index (χ2n) is 11.6. The number of hydrogen-bond acceptors (Lipinski definition) is 10. The van der Waals surface area contributed by atoms with Crippen LogP contribution in [0.4, 0.5) is 0 Å². The minimum atomic E-state index is -1.53. The van der Waals surface area contributed by atoms with Gasteiger partial charge in [-0.05, 0) is 44.0 Å². The summed E-state index contributed by atoms with van der Waals surface area (Å²) in [6.45, 7) is 12.1. The van der Waals surface area contributed by atoms with Gasteiger partial charge in [0.2, 0.25) is 12.3 Å². The first-order valence-corrected chi connectivity index (χ1v) is 16.9. The third-order valence-corrected chi connectivity index (χ3v) is 7.98. The molecule has 0 bridgehead atoms. The van der Waals surface area contributed by atoms with Crippen molar-refractivity contribution in [3.63, 3.8) is 0 Å². The van der Waals surface area contributed by atoms with E-state index in [9.17, 15) is 38.7 Å². The van der Waals surface area contributed by atoms with Crippen LogP contribution in [0.15, 0.2) is 71.4 Å². The first-order chi connectivity index (χ1) is 25.3. The molecule has 2 rings (SSSR count). The molecule has 2 aromatic rings. The second kappa shape index (κ2) is 21.9. The number of aliphatic carboxylic acids is 2. The molecule has 53 heavy (non-hydrogen) atoms. The van der Waals surface area contributed by atoms with Crippen LogP contribution in [0.25, 0.3) is 11.3 Å². The van der Waals surface area contributed by atoms with Crippen LogP contribution in [0.2, 0.25) is 0 Å². The lowest BCUT2D eigenvalue weighted by Gasteiger charge is -2.33. The number of aldehydes is 1. The number of ether oxygens (including phenoxy) is 1. The standard InChI is InChI=1S/C37H46N4O12/c1-6-10-11-12-26(29(9-4)41(22-43)53-23(5)24(7-2)8-3)34(46)38-21-39-36(48)31-16-15-30(52-31)25-13-14-27(32(19-25)51-20-33(44)45)35(47)40-28(17-18-42)37(49)50/h7-8,13-16,18-19,22,26,28-29H,2,5-6,9-12,17,20-21H2,1,3-4H3,(H,38,46)(H,39,48)(H,40,47)(H,44,45)(H,49,50)/b24-8+. The van der Waals surface area contributed by atoms with Gasteiger partial charge >= 0.3 is 11.9 Å². The molecule has 0 saturated carbocycles. The first-order valence-electron chi connectivity index (χ1n) is 16.9. The highest BCUT2D eigenvalue weighted by molar-refractivity contribution is 6.00. The highest BCUT2D eigenvalue weighted by Crippen LogP contribution is 2.29. The van der Waals surface area contributed by atoms with E-state index in [0.29, 0.717) is 37.5 Å². The van der Waals surface area contributed by atoms with Crippen LogP contribution in [0.1, 0.15) is 80.2 Å². The topological polar surface area (TPSA) is 231 Å². The summed E-state index contributed by atoms with van der Waals surface area (Å²) in [6.07, 6.45) is 6.91. The maximum absolute atomic E-state index is 13.5. The maximum Gasteiger partial charge on any atom is 0.341 e. The van der Waals surface area contributed by atoms with Crippen LogP contribution in [-0.2, 0) is 28.8 Å². The number of furan rings is 1. The Balaban J connectivity index is 2.20. The molecular weight excluding hydrogens is 692 g/mol. The normalized spacial score (nSPS) is 12.6. The molecule has 3 unspecified atom stereocenters. The van der Waals surface area contributed by atoms with Crippen LogP contribution in [0, 0.1) is 5.92 Å². The molecular formula is C37H46N4O12. The van der Waals surface area contributed by atoms with Crippen molar-refractivity contribution in [2.75, 3.05) is 13.3 Å². The number of amides is 4. The van der Waals surface area contributed by atoms with Crippen LogP contribution < -0.4 is 20.7 Å². The zero-order valence-electron chi connectivity index (χ0n) is 29.9. The minimum Gasteiger partial charge on any atom is -0.481 e. The number of carbonyl (C=O) groups is 7. The summed E-state index contributed by atoms with van der Waals surface area (Å²) >= 11 is 0. The van der Waals surface area contributed by atoms with Crippen molar-refractivity contribution in [1.29, 1.82) is 0 Å². The van der Waals surface area contributed by atoms with E-state index in [1.807, 2.05) is 13.8 Å². The molecule has 0 aliphatic heterocycles. The predicted octanol–water partition coefficient (Wildman–Crippen LogP) is 4.00. The van der Waals surface area contributed by atoms with Crippen molar-refractivity contribution in [3.05, 3.63) is 78.3 Å². The van der Waals surface area contributed by atoms with Gasteiger partial charge in [-0.2, -0.15) is 5.06 Å². The fraction of sp³-hybridized carbons (Fsp3) is 0.378. The first kappa shape index (κ1) is 43.0. The average Bonchev–Trinajstić information content (AvgIpc) is 3.64. The van der Waals surface area contributed by atoms with Crippen molar-refractivity contribution in [1.82, 2.24) is 21.0 Å². The summed E-state index contributed by atoms with van der Waals surface area (Å²) in [4.78, 5) is 90.5. The molecule has 4 amide bonds. The third-order valence-electron chi connectivity index (χ3n) is 7.98. The Morgan fingerprint density at radius 1 is 1.02 bits per heavy atom. The van der Waals surface area contributed by atoms with Crippen molar-refractivity contribution in [3.8, 4) is 17.1 Å². The summed E-state index contributed by atoms with van der Waals surface area (Å²) in [5, 5.41) is 26.9. The van der Waals surface area contributed by atoms with E-state index in [4.69, 9.17) is 19.1 Å². The number of hydrogen-bond donors (Lipinski definition) is 5. The number of benzene rings is 1. The highest BCUT2D eigenvalue weighted by atomic mass is 16.7. The Bertz CT molecular complexity index is 1680. The molecule has 5 N–H and O–H groups in total. The smallest absolute Gasteiger partial charge is 0.341 e. The van der Waals surface area contributed by atoms with Gasteiger partial charge in [0.25, 0.3) is 11.8 Å². The summed E-state index contributed by atoms with van der Waals surface area (Å²) < 4.78 is 11.0. The molecule has 0 radical (unpaired) electrons. The van der Waals surface area contributed by atoms with Gasteiger partial charge in [0.1, 0.15) is 23.8 Å². The maximum atomic E-state index is 13.5. The fourth-order valence-electron chi connectivity index (χ4n) is 5.21. The Morgan fingerprint density at radius 3 is 2.34 bits per heavy atom. The van der Waals surface area contributed by atoms with E-state index in [1.165, 1.54) is 36.4 Å². The number of allylic oxidation sites excluding steroid dienone is 2. The van der Waals surface area contributed by atoms with Gasteiger partial charge < -0.3 is 44.9 Å². The van der Waals surface area contributed by atoms with E-state index in [2.05, 4.69) is 29.1 Å². The Labute approximate surface area is 306 Å². The van der Waals surface area contributed by atoms with Gasteiger partial charge in [-0.15, -0.1) is 0 Å². The number of carboxylic acid groups (broad SMARTS) is 2. The zero-order valence-corrected chi connectivity index (χ0v) is 29.9. The van der Waals surface area contributed by atoms with Crippen molar-refractivity contribution >= 4 is 42.4 Å². The Kier molecular flexibility index (Phi) is 17.8. The molecule has 0 fully saturated rings. The van der Waals surface area contributed by atoms with E-state index < -0.39 is 60.7 Å². The molecule has 286 valence electrons. The number of carbonyl (C=O) groups excluding carboxylic acids is 5. The van der Waals surface area contributed by atoms with Gasteiger partial charge in [-0.25, -0.2) is 9.59 Å². The van der Waals surface area contributed by atoms with E-state index in [-0.39, 0.29) is 40.8 Å². The average molecular weight is 739 g/mol. The van der Waals surface area contributed by atoms with E-state index in [1.54, 1.807) is 13.0 Å². The molecule has 1 aromatic heterocycles. The van der Waals surface area contributed by atoms with Crippen LogP contribution in [0.5, 0.6) is 5.75 Å². The quantitative estimate of drug-likeness (QED) is 0.0243. The number of hydroxylamine groups is 2. The lowest BCUT2D eigenvalue weighted by Crippen LogP contribution is -2.48. The van der Waals surface area contributed by atoms with Crippen LogP contribution in [-0.4, -0.2) is 83.0 Å². The summed E-state index contributed by atoms with van der Waals surface area (Å²) in [5.41, 5.74) is 0.645. The van der Waals surface area contributed by atoms with Crippen molar-refractivity contribution < 1.29 is 57.8 Å². The largest absolute Gasteiger partial charge is 0.481 e. The van der Waals surface area contributed by atoms with E-state index >= 15 is 0 Å². The number of nitrogens with zero attached hydrogens (tertiary/aromatic N) is 1. The molecule has 0 aliphatic rings. The Hall–Kier alpha value is -6.19. The van der Waals surface area contributed by atoms with Crippen LogP contribution >= 0.6 is 0 Å². The van der Waals surface area contributed by atoms with Crippen molar-refractivity contribution in [2.45, 2.75) is 71.4 Å². The van der Waals surface area contributed by atoms with E-state index in [0.717, 1.165) is 17.9 Å². The minimum absolute atomic E-state index is 0.130. The summed E-state index contributed by atoms with van der Waals surface area (Å²) in [6, 6.07) is 4.54. The number of unbranched alkanes of at least 4 members (excludes halogenated alkanes) is 2. The summed E-state index contributed by atoms with van der Waals surface area (Å²) in [7, 11) is 0. The molecule has 16 nitrogen and oxygen atoms in total. The lowest BCUT2D eigenvalue weighted by molar-refractivity contribution is -0.175. The molecule has 0 spiro atoms. The molecule has 1 aromatic carbocycles. The van der Waals surface area contributed by atoms with Gasteiger partial charge in [-0.3, -0.25) is 19.2 Å². The lowest BCUT2D eigenvalue weighted by atomic mass is 9.90. The molecule has 16 heteroatoms. The predicted molar refractivity (Wildman–Crippen MR) is 191 cm³/mol. The molecule has 3 atom stereocenters.